The van der Waals surface area contributed by atoms with Gasteiger partial charge in [0.25, 0.3) is 0 Å². The van der Waals surface area contributed by atoms with Crippen molar-refractivity contribution in [3.8, 4) is 11.5 Å². The Kier molecular flexibility index (Phi) is 5.43. The largest absolute Gasteiger partial charge is 0.324 e. The zero-order chi connectivity index (χ0) is 17.6. The number of anilines is 1. The Morgan fingerprint density at radius 2 is 1.72 bits per heavy atom. The van der Waals surface area contributed by atoms with Gasteiger partial charge in [-0.1, -0.05) is 32.0 Å². The molecule has 25 heavy (non-hydrogen) atoms. The summed E-state index contributed by atoms with van der Waals surface area (Å²) in [4.78, 5) is 26.9. The third-order valence-electron chi connectivity index (χ3n) is 4.32. The van der Waals surface area contributed by atoms with Gasteiger partial charge in [-0.15, -0.1) is 0 Å². The Bertz CT molecular complexity index is 715. The van der Waals surface area contributed by atoms with Crippen LogP contribution in [0.4, 0.5) is 10.5 Å². The molecule has 0 unspecified atom stereocenters. The summed E-state index contributed by atoms with van der Waals surface area (Å²) >= 11 is 0. The van der Waals surface area contributed by atoms with Crippen molar-refractivity contribution in [3.05, 3.63) is 54.1 Å². The van der Waals surface area contributed by atoms with Crippen LogP contribution in [0.2, 0.25) is 0 Å². The van der Waals surface area contributed by atoms with E-state index >= 15 is 0 Å². The summed E-state index contributed by atoms with van der Waals surface area (Å²) < 4.78 is 0. The predicted octanol–water partition coefficient (Wildman–Crippen LogP) is 4.27. The quantitative estimate of drug-likeness (QED) is 0.558. The number of carbonyl (C=O) groups excluding carboxylic acids is 1. The van der Waals surface area contributed by atoms with Crippen LogP contribution < -0.4 is 14.7 Å². The molecule has 5 nitrogen and oxygen atoms in total. The molecular weight excluding hydrogens is 316 g/mol. The molecule has 1 aliphatic rings. The zero-order valence-electron chi connectivity index (χ0n) is 14.8. The lowest BCUT2D eigenvalue weighted by Gasteiger charge is -2.18. The minimum atomic E-state index is 0.0728. The van der Waals surface area contributed by atoms with E-state index in [1.807, 2.05) is 53.4 Å². The SMILES string of the molecule is CCCN1CCN(c2ccc(OOc3ccccc3CC)cc2)C1=O. The van der Waals surface area contributed by atoms with E-state index in [2.05, 4.69) is 13.8 Å². The molecule has 1 aliphatic heterocycles. The van der Waals surface area contributed by atoms with Gasteiger partial charge in [-0.05, 0) is 48.7 Å². The Hall–Kier alpha value is -2.69. The lowest BCUT2D eigenvalue weighted by molar-refractivity contribution is -0.101. The molecule has 0 bridgehead atoms. The van der Waals surface area contributed by atoms with Crippen LogP contribution in [0, 0.1) is 0 Å². The first kappa shape index (κ1) is 17.1. The fourth-order valence-corrected chi connectivity index (χ4v) is 2.95. The van der Waals surface area contributed by atoms with Gasteiger partial charge in [-0.3, -0.25) is 14.7 Å². The summed E-state index contributed by atoms with van der Waals surface area (Å²) in [6.07, 6.45) is 1.85. The van der Waals surface area contributed by atoms with Crippen molar-refractivity contribution >= 4 is 11.7 Å². The van der Waals surface area contributed by atoms with Gasteiger partial charge in [-0.25, -0.2) is 4.79 Å². The minimum absolute atomic E-state index is 0.0728. The van der Waals surface area contributed by atoms with Crippen molar-refractivity contribution < 1.29 is 14.6 Å². The minimum Gasteiger partial charge on any atom is -0.323 e. The van der Waals surface area contributed by atoms with Crippen LogP contribution in [-0.2, 0) is 6.42 Å². The predicted molar refractivity (Wildman–Crippen MR) is 98.1 cm³/mol. The summed E-state index contributed by atoms with van der Waals surface area (Å²) in [7, 11) is 0. The van der Waals surface area contributed by atoms with Crippen LogP contribution in [0.25, 0.3) is 0 Å². The number of hydrogen-bond acceptors (Lipinski definition) is 3. The Labute approximate surface area is 148 Å². The molecule has 0 aliphatic carbocycles. The Morgan fingerprint density at radius 3 is 2.44 bits per heavy atom. The van der Waals surface area contributed by atoms with E-state index in [1.165, 1.54) is 0 Å². The van der Waals surface area contributed by atoms with Crippen molar-refractivity contribution in [1.29, 1.82) is 0 Å². The number of rotatable bonds is 7. The first-order valence-corrected chi connectivity index (χ1v) is 8.82. The lowest BCUT2D eigenvalue weighted by Crippen LogP contribution is -2.32. The molecule has 0 saturated carbocycles. The summed E-state index contributed by atoms with van der Waals surface area (Å²) in [6, 6.07) is 15.3. The van der Waals surface area contributed by atoms with Gasteiger partial charge in [0, 0.05) is 25.3 Å². The van der Waals surface area contributed by atoms with Gasteiger partial charge in [0.05, 0.1) is 0 Å². The number of para-hydroxylation sites is 1. The highest BCUT2D eigenvalue weighted by atomic mass is 17.2. The van der Waals surface area contributed by atoms with Crippen molar-refractivity contribution in [2.45, 2.75) is 26.7 Å². The molecule has 132 valence electrons. The van der Waals surface area contributed by atoms with Crippen LogP contribution in [0.15, 0.2) is 48.5 Å². The number of nitrogens with zero attached hydrogens (tertiary/aromatic N) is 2. The summed E-state index contributed by atoms with van der Waals surface area (Å²) in [6.45, 7) is 6.47. The molecule has 1 fully saturated rings. The molecule has 2 amide bonds. The maximum atomic E-state index is 12.4. The molecule has 0 radical (unpaired) electrons. The maximum absolute atomic E-state index is 12.4. The number of benzene rings is 2. The number of amides is 2. The topological polar surface area (TPSA) is 42.0 Å². The van der Waals surface area contributed by atoms with Gasteiger partial charge in [0.2, 0.25) is 0 Å². The highest BCUT2D eigenvalue weighted by molar-refractivity contribution is 5.94. The van der Waals surface area contributed by atoms with Crippen LogP contribution in [0.3, 0.4) is 0 Å². The average Bonchev–Trinajstić information content (AvgIpc) is 3.01. The molecule has 1 heterocycles. The first-order chi connectivity index (χ1) is 12.2. The smallest absolute Gasteiger partial charge is 0.323 e. The fraction of sp³-hybridized carbons (Fsp3) is 0.350. The number of aryl methyl sites for hydroxylation is 1. The molecule has 0 N–H and O–H groups in total. The van der Waals surface area contributed by atoms with Crippen LogP contribution in [-0.4, -0.2) is 30.6 Å². The Balaban J connectivity index is 1.62. The van der Waals surface area contributed by atoms with Crippen molar-refractivity contribution in [2.24, 2.45) is 0 Å². The van der Waals surface area contributed by atoms with E-state index in [0.29, 0.717) is 5.75 Å². The van der Waals surface area contributed by atoms with E-state index < -0.39 is 0 Å². The second-order valence-electron chi connectivity index (χ2n) is 6.04. The monoisotopic (exact) mass is 340 g/mol. The van der Waals surface area contributed by atoms with Gasteiger partial charge in [-0.2, -0.15) is 0 Å². The maximum Gasteiger partial charge on any atom is 0.324 e. The van der Waals surface area contributed by atoms with Crippen LogP contribution >= 0.6 is 0 Å². The number of carbonyl (C=O) groups is 1. The van der Waals surface area contributed by atoms with Gasteiger partial charge >= 0.3 is 6.03 Å². The van der Waals surface area contributed by atoms with E-state index in [9.17, 15) is 4.79 Å². The molecule has 0 atom stereocenters. The summed E-state index contributed by atoms with van der Waals surface area (Å²) in [5.74, 6) is 1.32. The summed E-state index contributed by atoms with van der Waals surface area (Å²) in [5, 5.41) is 0. The molecular formula is C20H24N2O3. The standard InChI is InChI=1S/C20H24N2O3/c1-3-13-21-14-15-22(20(21)23)17-9-11-18(12-10-17)24-25-19-8-6-5-7-16(19)4-2/h5-12H,3-4,13-15H2,1-2H3. The zero-order valence-corrected chi connectivity index (χ0v) is 14.8. The second-order valence-corrected chi connectivity index (χ2v) is 6.04. The molecule has 2 aromatic carbocycles. The van der Waals surface area contributed by atoms with E-state index in [0.717, 1.165) is 49.5 Å². The number of urea groups is 1. The fourth-order valence-electron chi connectivity index (χ4n) is 2.95. The molecule has 1 saturated heterocycles. The average molecular weight is 340 g/mol. The van der Waals surface area contributed by atoms with Crippen LogP contribution in [0.1, 0.15) is 25.8 Å². The molecule has 0 aromatic heterocycles. The number of hydrogen-bond donors (Lipinski definition) is 0. The van der Waals surface area contributed by atoms with Gasteiger partial charge in [0.15, 0.2) is 11.5 Å². The van der Waals surface area contributed by atoms with Crippen molar-refractivity contribution in [2.75, 3.05) is 24.5 Å². The highest BCUT2D eigenvalue weighted by Gasteiger charge is 2.28. The van der Waals surface area contributed by atoms with Crippen LogP contribution in [0.5, 0.6) is 11.5 Å². The third-order valence-corrected chi connectivity index (χ3v) is 4.32. The highest BCUT2D eigenvalue weighted by Crippen LogP contribution is 2.25. The lowest BCUT2D eigenvalue weighted by atomic mass is 10.1. The Morgan fingerprint density at radius 1 is 0.960 bits per heavy atom. The first-order valence-electron chi connectivity index (χ1n) is 8.82. The van der Waals surface area contributed by atoms with Crippen molar-refractivity contribution in [1.82, 2.24) is 4.90 Å². The molecule has 5 heteroatoms. The van der Waals surface area contributed by atoms with E-state index in [1.54, 1.807) is 4.90 Å². The van der Waals surface area contributed by atoms with E-state index in [4.69, 9.17) is 9.78 Å². The summed E-state index contributed by atoms with van der Waals surface area (Å²) in [5.41, 5.74) is 1.97. The molecule has 3 rings (SSSR count). The third kappa shape index (κ3) is 3.87. The second kappa shape index (κ2) is 7.92. The van der Waals surface area contributed by atoms with Gasteiger partial charge < -0.3 is 4.90 Å². The van der Waals surface area contributed by atoms with Gasteiger partial charge in [0.1, 0.15) is 0 Å². The van der Waals surface area contributed by atoms with E-state index in [-0.39, 0.29) is 6.03 Å². The normalized spacial score (nSPS) is 14.1. The molecule has 0 spiro atoms. The van der Waals surface area contributed by atoms with Crippen molar-refractivity contribution in [3.63, 3.8) is 0 Å². The molecule has 2 aromatic rings.